The van der Waals surface area contributed by atoms with Gasteiger partial charge in [-0.05, 0) is 49.4 Å². The Hall–Kier alpha value is -1.62. The van der Waals surface area contributed by atoms with E-state index >= 15 is 0 Å². The molecule has 0 amide bonds. The van der Waals surface area contributed by atoms with Gasteiger partial charge in [0.05, 0.1) is 12.7 Å². The van der Waals surface area contributed by atoms with E-state index in [1.807, 2.05) is 24.3 Å². The number of thiophene rings is 1. The molecule has 4 rings (SSSR count). The molecule has 2 aliphatic rings. The van der Waals surface area contributed by atoms with Gasteiger partial charge in [-0.25, -0.2) is 0 Å². The summed E-state index contributed by atoms with van der Waals surface area (Å²) in [5.41, 5.74) is 2.90. The first-order valence-electron chi connectivity index (χ1n) is 9.32. The van der Waals surface area contributed by atoms with Crippen molar-refractivity contribution in [3.8, 4) is 10.4 Å². The summed E-state index contributed by atoms with van der Waals surface area (Å²) in [5, 5.41) is 0.723. The van der Waals surface area contributed by atoms with Crippen molar-refractivity contribution in [2.24, 2.45) is 11.8 Å². The van der Waals surface area contributed by atoms with Crippen LogP contribution in [0.4, 0.5) is 0 Å². The summed E-state index contributed by atoms with van der Waals surface area (Å²) >= 11 is 7.71. The Labute approximate surface area is 168 Å². The Kier molecular flexibility index (Phi) is 5.40. The second-order valence-electron chi connectivity index (χ2n) is 7.32. The van der Waals surface area contributed by atoms with E-state index < -0.39 is 0 Å². The highest BCUT2D eigenvalue weighted by molar-refractivity contribution is 7.15. The Morgan fingerprint density at radius 3 is 2.74 bits per heavy atom. The molecule has 1 aliphatic carbocycles. The SMILES string of the molecule is COC1=C(c2cc(-c3ccc(Cl)cc3)sc2C)C(=O)C(CC2CCOC2)C1. The van der Waals surface area contributed by atoms with E-state index in [9.17, 15) is 4.79 Å². The van der Waals surface area contributed by atoms with Crippen LogP contribution >= 0.6 is 22.9 Å². The van der Waals surface area contributed by atoms with Crippen LogP contribution < -0.4 is 0 Å². The Bertz CT molecular complexity index is 875. The van der Waals surface area contributed by atoms with Crippen LogP contribution in [-0.4, -0.2) is 26.1 Å². The molecule has 2 aromatic rings. The van der Waals surface area contributed by atoms with Crippen LogP contribution in [0.3, 0.4) is 0 Å². The molecule has 2 unspecified atom stereocenters. The first kappa shape index (κ1) is 18.7. The van der Waals surface area contributed by atoms with Gasteiger partial charge in [-0.1, -0.05) is 23.7 Å². The number of ketones is 1. The third kappa shape index (κ3) is 3.71. The second-order valence-corrected chi connectivity index (χ2v) is 9.01. The van der Waals surface area contributed by atoms with E-state index in [1.165, 1.54) is 0 Å². The quantitative estimate of drug-likeness (QED) is 0.638. The molecule has 5 heteroatoms. The van der Waals surface area contributed by atoms with E-state index in [0.717, 1.165) is 63.3 Å². The number of hydrogen-bond donors (Lipinski definition) is 0. The molecule has 2 atom stereocenters. The summed E-state index contributed by atoms with van der Waals surface area (Å²) < 4.78 is 11.1. The standard InChI is InChI=1S/C22H23ClO3S/c1-13-18(11-20(27-13)15-3-5-17(23)6-4-15)21-19(25-2)10-16(22(21)24)9-14-7-8-26-12-14/h3-6,11,14,16H,7-10,12H2,1-2H3. The number of halogens is 1. The van der Waals surface area contributed by atoms with Crippen molar-refractivity contribution in [1.82, 2.24) is 0 Å². The van der Waals surface area contributed by atoms with Gasteiger partial charge in [0.25, 0.3) is 0 Å². The summed E-state index contributed by atoms with van der Waals surface area (Å²) in [6.07, 6.45) is 2.65. The number of hydrogen-bond acceptors (Lipinski definition) is 4. The molecule has 2 heterocycles. The molecule has 0 radical (unpaired) electrons. The topological polar surface area (TPSA) is 35.5 Å². The van der Waals surface area contributed by atoms with Crippen molar-refractivity contribution >= 4 is 34.3 Å². The van der Waals surface area contributed by atoms with Crippen molar-refractivity contribution in [3.63, 3.8) is 0 Å². The molecule has 0 spiro atoms. The van der Waals surface area contributed by atoms with Crippen LogP contribution in [0.15, 0.2) is 36.1 Å². The number of aryl methyl sites for hydroxylation is 1. The fraction of sp³-hybridized carbons (Fsp3) is 0.409. The molecule has 0 bridgehead atoms. The third-order valence-corrected chi connectivity index (χ3v) is 6.88. The molecule has 0 saturated carbocycles. The van der Waals surface area contributed by atoms with Gasteiger partial charge >= 0.3 is 0 Å². The Balaban J connectivity index is 1.62. The molecular weight excluding hydrogens is 380 g/mol. The van der Waals surface area contributed by atoms with Crippen LogP contribution in [0.1, 0.15) is 29.7 Å². The maximum absolute atomic E-state index is 13.2. The van der Waals surface area contributed by atoms with Crippen LogP contribution in [0.25, 0.3) is 16.0 Å². The normalized spacial score (nSPS) is 22.7. The van der Waals surface area contributed by atoms with Gasteiger partial charge in [0, 0.05) is 45.9 Å². The average Bonchev–Trinajstić information content (AvgIpc) is 3.37. The van der Waals surface area contributed by atoms with Crippen LogP contribution in [-0.2, 0) is 14.3 Å². The second kappa shape index (κ2) is 7.78. The van der Waals surface area contributed by atoms with Crippen molar-refractivity contribution in [3.05, 3.63) is 51.6 Å². The molecule has 1 aliphatic heterocycles. The average molecular weight is 403 g/mol. The van der Waals surface area contributed by atoms with Gasteiger partial charge in [0.2, 0.25) is 0 Å². The number of Topliss-reactive ketones (excluding diaryl/α,β-unsaturated/α-hetero) is 1. The van der Waals surface area contributed by atoms with E-state index in [-0.39, 0.29) is 11.7 Å². The van der Waals surface area contributed by atoms with Crippen molar-refractivity contribution in [1.29, 1.82) is 0 Å². The molecule has 1 aromatic carbocycles. The van der Waals surface area contributed by atoms with Gasteiger partial charge in [-0.15, -0.1) is 11.3 Å². The lowest BCUT2D eigenvalue weighted by molar-refractivity contribution is -0.117. The summed E-state index contributed by atoms with van der Waals surface area (Å²) in [4.78, 5) is 15.5. The highest BCUT2D eigenvalue weighted by atomic mass is 35.5. The monoisotopic (exact) mass is 402 g/mol. The molecule has 1 fully saturated rings. The largest absolute Gasteiger partial charge is 0.500 e. The van der Waals surface area contributed by atoms with E-state index in [2.05, 4.69) is 13.0 Å². The maximum Gasteiger partial charge on any atom is 0.170 e. The molecule has 1 saturated heterocycles. The predicted molar refractivity (Wildman–Crippen MR) is 110 cm³/mol. The fourth-order valence-corrected chi connectivity index (χ4v) is 5.23. The van der Waals surface area contributed by atoms with Crippen LogP contribution in [0.2, 0.25) is 5.02 Å². The van der Waals surface area contributed by atoms with Gasteiger partial charge in [0.15, 0.2) is 5.78 Å². The zero-order valence-corrected chi connectivity index (χ0v) is 17.2. The lowest BCUT2D eigenvalue weighted by Gasteiger charge is -2.13. The predicted octanol–water partition coefficient (Wildman–Crippen LogP) is 5.75. The van der Waals surface area contributed by atoms with E-state index in [0.29, 0.717) is 12.3 Å². The fourth-order valence-electron chi connectivity index (χ4n) is 4.08. The number of carbonyl (C=O) groups excluding carboxylic acids is 1. The van der Waals surface area contributed by atoms with Crippen LogP contribution in [0.5, 0.6) is 0 Å². The summed E-state index contributed by atoms with van der Waals surface area (Å²) in [6.45, 7) is 3.67. The minimum absolute atomic E-state index is 0.0138. The first-order valence-corrected chi connectivity index (χ1v) is 10.5. The van der Waals surface area contributed by atoms with E-state index in [4.69, 9.17) is 21.1 Å². The van der Waals surface area contributed by atoms with Gasteiger partial charge in [-0.2, -0.15) is 0 Å². The number of benzene rings is 1. The van der Waals surface area contributed by atoms with Gasteiger partial charge < -0.3 is 9.47 Å². The Morgan fingerprint density at radius 1 is 1.30 bits per heavy atom. The molecule has 0 N–H and O–H groups in total. The molecular formula is C22H23ClO3S. The maximum atomic E-state index is 13.2. The highest BCUT2D eigenvalue weighted by Crippen LogP contribution is 2.43. The zero-order valence-electron chi connectivity index (χ0n) is 15.6. The third-order valence-electron chi connectivity index (χ3n) is 5.53. The van der Waals surface area contributed by atoms with Crippen molar-refractivity contribution in [2.45, 2.75) is 26.2 Å². The summed E-state index contributed by atoms with van der Waals surface area (Å²) in [7, 11) is 1.67. The minimum atomic E-state index is 0.0138. The van der Waals surface area contributed by atoms with Crippen molar-refractivity contribution < 1.29 is 14.3 Å². The number of allylic oxidation sites excluding steroid dienone is 2. The van der Waals surface area contributed by atoms with Gasteiger partial charge in [-0.3, -0.25) is 4.79 Å². The minimum Gasteiger partial charge on any atom is -0.500 e. The number of rotatable bonds is 5. The summed E-state index contributed by atoms with van der Waals surface area (Å²) in [5.74, 6) is 1.55. The van der Waals surface area contributed by atoms with E-state index in [1.54, 1.807) is 18.4 Å². The molecule has 142 valence electrons. The van der Waals surface area contributed by atoms with Gasteiger partial charge in [0.1, 0.15) is 5.76 Å². The highest BCUT2D eigenvalue weighted by Gasteiger charge is 2.37. The molecule has 27 heavy (non-hydrogen) atoms. The molecule has 1 aromatic heterocycles. The first-order chi connectivity index (χ1) is 13.1. The Morgan fingerprint density at radius 2 is 2.07 bits per heavy atom. The zero-order chi connectivity index (χ0) is 19.0. The summed E-state index contributed by atoms with van der Waals surface area (Å²) in [6, 6.07) is 9.94. The van der Waals surface area contributed by atoms with Crippen LogP contribution in [0, 0.1) is 18.8 Å². The lowest BCUT2D eigenvalue weighted by Crippen LogP contribution is -2.15. The smallest absolute Gasteiger partial charge is 0.170 e. The number of ether oxygens (including phenoxy) is 2. The van der Waals surface area contributed by atoms with Crippen molar-refractivity contribution in [2.75, 3.05) is 20.3 Å². The lowest BCUT2D eigenvalue weighted by atomic mass is 9.89. The molecule has 3 nitrogen and oxygen atoms in total. The number of methoxy groups -OCH3 is 1. The number of carbonyl (C=O) groups is 1.